The number of nitrogens with zero attached hydrogens (tertiary/aromatic N) is 1. The van der Waals surface area contributed by atoms with Gasteiger partial charge in [-0.1, -0.05) is 12.1 Å². The lowest BCUT2D eigenvalue weighted by atomic mass is 10.00. The summed E-state index contributed by atoms with van der Waals surface area (Å²) in [6.07, 6.45) is 3.79. The zero-order valence-electron chi connectivity index (χ0n) is 10.0. The standard InChI is InChI=1S/C14H20N2O/c15-8-10-6-14(16(9-10)12-4-5-12)11-2-1-3-13(17)7-11/h1-3,7,10,12,14,17H,4-6,8-9,15H2. The highest BCUT2D eigenvalue weighted by Crippen LogP contribution is 2.43. The van der Waals surface area contributed by atoms with Gasteiger partial charge in [-0.3, -0.25) is 4.90 Å². The van der Waals surface area contributed by atoms with Crippen molar-refractivity contribution in [2.45, 2.75) is 31.3 Å². The molecule has 3 nitrogen and oxygen atoms in total. The van der Waals surface area contributed by atoms with Crippen molar-refractivity contribution in [2.24, 2.45) is 11.7 Å². The Morgan fingerprint density at radius 1 is 1.35 bits per heavy atom. The molecule has 2 fully saturated rings. The fourth-order valence-corrected chi connectivity index (χ4v) is 2.99. The molecule has 3 rings (SSSR count). The number of nitrogens with two attached hydrogens (primary N) is 1. The quantitative estimate of drug-likeness (QED) is 0.836. The van der Waals surface area contributed by atoms with Crippen molar-refractivity contribution < 1.29 is 5.11 Å². The van der Waals surface area contributed by atoms with Crippen LogP contribution in [0.15, 0.2) is 24.3 Å². The van der Waals surface area contributed by atoms with Gasteiger partial charge in [-0.2, -0.15) is 0 Å². The van der Waals surface area contributed by atoms with Crippen molar-refractivity contribution >= 4 is 0 Å². The normalized spacial score (nSPS) is 29.7. The Hall–Kier alpha value is -1.06. The van der Waals surface area contributed by atoms with Crippen LogP contribution in [0.4, 0.5) is 0 Å². The molecule has 0 radical (unpaired) electrons. The summed E-state index contributed by atoms with van der Waals surface area (Å²) in [6, 6.07) is 8.92. The molecule has 1 saturated heterocycles. The van der Waals surface area contributed by atoms with Crippen molar-refractivity contribution in [2.75, 3.05) is 13.1 Å². The molecule has 1 aliphatic carbocycles. The van der Waals surface area contributed by atoms with Crippen molar-refractivity contribution in [3.63, 3.8) is 0 Å². The lowest BCUT2D eigenvalue weighted by Crippen LogP contribution is -2.27. The summed E-state index contributed by atoms with van der Waals surface area (Å²) >= 11 is 0. The van der Waals surface area contributed by atoms with Crippen LogP contribution < -0.4 is 5.73 Å². The molecule has 1 aliphatic heterocycles. The number of phenols is 1. The number of likely N-dealkylation sites (tertiary alicyclic amines) is 1. The summed E-state index contributed by atoms with van der Waals surface area (Å²) in [5.41, 5.74) is 7.05. The van der Waals surface area contributed by atoms with E-state index in [2.05, 4.69) is 11.0 Å². The van der Waals surface area contributed by atoms with Gasteiger partial charge in [-0.25, -0.2) is 0 Å². The van der Waals surface area contributed by atoms with E-state index in [1.807, 2.05) is 12.1 Å². The number of hydrogen-bond acceptors (Lipinski definition) is 3. The molecule has 2 aliphatic rings. The lowest BCUT2D eigenvalue weighted by molar-refractivity contribution is 0.242. The van der Waals surface area contributed by atoms with Crippen LogP contribution in [0.1, 0.15) is 30.9 Å². The van der Waals surface area contributed by atoms with Gasteiger partial charge in [-0.15, -0.1) is 0 Å². The van der Waals surface area contributed by atoms with Gasteiger partial charge < -0.3 is 10.8 Å². The Balaban J connectivity index is 1.84. The van der Waals surface area contributed by atoms with Crippen molar-refractivity contribution in [3.05, 3.63) is 29.8 Å². The van der Waals surface area contributed by atoms with E-state index in [9.17, 15) is 5.11 Å². The predicted octanol–water partition coefficient (Wildman–Crippen LogP) is 1.88. The molecule has 92 valence electrons. The maximum absolute atomic E-state index is 9.59. The average molecular weight is 232 g/mol. The van der Waals surface area contributed by atoms with Crippen LogP contribution in [0.25, 0.3) is 0 Å². The molecule has 3 N–H and O–H groups in total. The van der Waals surface area contributed by atoms with Gasteiger partial charge in [0, 0.05) is 18.6 Å². The maximum Gasteiger partial charge on any atom is 0.115 e. The Labute approximate surface area is 102 Å². The van der Waals surface area contributed by atoms with E-state index >= 15 is 0 Å². The molecule has 0 spiro atoms. The first-order chi connectivity index (χ1) is 8.28. The van der Waals surface area contributed by atoms with E-state index in [1.54, 1.807) is 6.07 Å². The second-order valence-electron chi connectivity index (χ2n) is 5.38. The van der Waals surface area contributed by atoms with Gasteiger partial charge in [0.15, 0.2) is 0 Å². The SMILES string of the molecule is NCC1CC(c2cccc(O)c2)N(C2CC2)C1. The minimum Gasteiger partial charge on any atom is -0.508 e. The number of benzene rings is 1. The van der Waals surface area contributed by atoms with Crippen LogP contribution in [0, 0.1) is 5.92 Å². The summed E-state index contributed by atoms with van der Waals surface area (Å²) < 4.78 is 0. The Morgan fingerprint density at radius 2 is 2.18 bits per heavy atom. The van der Waals surface area contributed by atoms with E-state index in [4.69, 9.17) is 5.73 Å². The van der Waals surface area contributed by atoms with Gasteiger partial charge >= 0.3 is 0 Å². The molecule has 1 saturated carbocycles. The smallest absolute Gasteiger partial charge is 0.115 e. The van der Waals surface area contributed by atoms with Gasteiger partial charge in [0.25, 0.3) is 0 Å². The molecule has 1 aromatic carbocycles. The van der Waals surface area contributed by atoms with Crippen molar-refractivity contribution in [1.82, 2.24) is 4.90 Å². The highest BCUT2D eigenvalue weighted by Gasteiger charge is 2.40. The van der Waals surface area contributed by atoms with Crippen LogP contribution in [0.2, 0.25) is 0 Å². The first-order valence-corrected chi connectivity index (χ1v) is 6.52. The van der Waals surface area contributed by atoms with Gasteiger partial charge in [0.05, 0.1) is 0 Å². The Morgan fingerprint density at radius 3 is 2.82 bits per heavy atom. The largest absolute Gasteiger partial charge is 0.508 e. The van der Waals surface area contributed by atoms with Crippen LogP contribution >= 0.6 is 0 Å². The van der Waals surface area contributed by atoms with Crippen LogP contribution in [0.3, 0.4) is 0 Å². The van der Waals surface area contributed by atoms with E-state index in [-0.39, 0.29) is 0 Å². The maximum atomic E-state index is 9.59. The van der Waals surface area contributed by atoms with Crippen LogP contribution in [-0.2, 0) is 0 Å². The lowest BCUT2D eigenvalue weighted by Gasteiger charge is -2.24. The summed E-state index contributed by atoms with van der Waals surface area (Å²) in [4.78, 5) is 2.59. The zero-order chi connectivity index (χ0) is 11.8. The highest BCUT2D eigenvalue weighted by atomic mass is 16.3. The summed E-state index contributed by atoms with van der Waals surface area (Å²) in [6.45, 7) is 1.90. The van der Waals surface area contributed by atoms with Crippen molar-refractivity contribution in [1.29, 1.82) is 0 Å². The molecule has 2 atom stereocenters. The molecule has 17 heavy (non-hydrogen) atoms. The van der Waals surface area contributed by atoms with Crippen molar-refractivity contribution in [3.8, 4) is 5.75 Å². The summed E-state index contributed by atoms with van der Waals surface area (Å²) in [5.74, 6) is 0.984. The second kappa shape index (κ2) is 4.31. The Bertz CT molecular complexity index is 403. The van der Waals surface area contributed by atoms with E-state index < -0.39 is 0 Å². The monoisotopic (exact) mass is 232 g/mol. The van der Waals surface area contributed by atoms with Gasteiger partial charge in [0.1, 0.15) is 5.75 Å². The first-order valence-electron chi connectivity index (χ1n) is 6.52. The van der Waals surface area contributed by atoms with E-state index in [0.717, 1.165) is 25.6 Å². The fourth-order valence-electron chi connectivity index (χ4n) is 2.99. The predicted molar refractivity (Wildman–Crippen MR) is 67.7 cm³/mol. The molecular formula is C14H20N2O. The minimum absolute atomic E-state index is 0.370. The topological polar surface area (TPSA) is 49.5 Å². The molecule has 1 heterocycles. The first kappa shape index (κ1) is 11.1. The molecular weight excluding hydrogens is 212 g/mol. The summed E-state index contributed by atoms with van der Waals surface area (Å²) in [7, 11) is 0. The third-order valence-electron chi connectivity index (χ3n) is 4.03. The third-order valence-corrected chi connectivity index (χ3v) is 4.03. The fraction of sp³-hybridized carbons (Fsp3) is 0.571. The highest BCUT2D eigenvalue weighted by molar-refractivity contribution is 5.30. The van der Waals surface area contributed by atoms with Crippen LogP contribution in [-0.4, -0.2) is 29.1 Å². The number of aromatic hydroxyl groups is 1. The second-order valence-corrected chi connectivity index (χ2v) is 5.38. The molecule has 0 aromatic heterocycles. The summed E-state index contributed by atoms with van der Waals surface area (Å²) in [5, 5.41) is 9.59. The van der Waals surface area contributed by atoms with Gasteiger partial charge in [-0.05, 0) is 49.4 Å². The average Bonchev–Trinajstić information content (AvgIpc) is 3.08. The molecule has 3 heteroatoms. The number of phenolic OH excluding ortho intramolecular Hbond substituents is 1. The van der Waals surface area contributed by atoms with Crippen LogP contribution in [0.5, 0.6) is 5.75 Å². The number of hydrogen-bond donors (Lipinski definition) is 2. The third kappa shape index (κ3) is 2.17. The number of rotatable bonds is 3. The minimum atomic E-state index is 0.370. The molecule has 0 amide bonds. The van der Waals surface area contributed by atoms with Gasteiger partial charge in [0.2, 0.25) is 0 Å². The molecule has 1 aromatic rings. The molecule has 2 unspecified atom stereocenters. The van der Waals surface area contributed by atoms with E-state index in [1.165, 1.54) is 18.4 Å². The zero-order valence-corrected chi connectivity index (χ0v) is 10.0. The Kier molecular flexibility index (Phi) is 2.81. The molecule has 0 bridgehead atoms. The van der Waals surface area contributed by atoms with E-state index in [0.29, 0.717) is 17.7 Å².